The Labute approximate surface area is 125 Å². The van der Waals surface area contributed by atoms with Crippen LogP contribution in [-0.4, -0.2) is 41.5 Å². The Morgan fingerprint density at radius 2 is 1.95 bits per heavy atom. The summed E-state index contributed by atoms with van der Waals surface area (Å²) >= 11 is 0. The molecule has 1 aliphatic rings. The molecular formula is C16H22N2O3. The second-order valence-electron chi connectivity index (χ2n) is 5.67. The fourth-order valence-corrected chi connectivity index (χ4v) is 2.67. The average Bonchev–Trinajstić information content (AvgIpc) is 2.46. The lowest BCUT2D eigenvalue weighted by molar-refractivity contribution is -0.145. The zero-order valence-corrected chi connectivity index (χ0v) is 12.6. The molecule has 0 spiro atoms. The number of carbonyl (C=O) groups excluding carboxylic acids is 1. The fourth-order valence-electron chi connectivity index (χ4n) is 2.67. The molecule has 1 amide bonds. The van der Waals surface area contributed by atoms with Gasteiger partial charge in [-0.3, -0.25) is 9.59 Å². The van der Waals surface area contributed by atoms with Gasteiger partial charge in [-0.15, -0.1) is 0 Å². The molecule has 0 saturated carbocycles. The van der Waals surface area contributed by atoms with Crippen molar-refractivity contribution in [1.29, 1.82) is 0 Å². The van der Waals surface area contributed by atoms with E-state index < -0.39 is 5.97 Å². The number of carboxylic acids is 1. The van der Waals surface area contributed by atoms with Gasteiger partial charge in [-0.05, 0) is 38.3 Å². The first-order chi connectivity index (χ1) is 9.97. The van der Waals surface area contributed by atoms with Gasteiger partial charge in [-0.1, -0.05) is 17.7 Å². The average molecular weight is 290 g/mol. The zero-order valence-electron chi connectivity index (χ0n) is 12.6. The van der Waals surface area contributed by atoms with Gasteiger partial charge in [0.25, 0.3) is 0 Å². The zero-order chi connectivity index (χ0) is 15.4. The Kier molecular flexibility index (Phi) is 4.83. The minimum Gasteiger partial charge on any atom is -0.481 e. The number of likely N-dealkylation sites (tertiary alicyclic amines) is 1. The third kappa shape index (κ3) is 3.97. The minimum absolute atomic E-state index is 0.0267. The molecule has 2 N–H and O–H groups in total. The molecule has 1 fully saturated rings. The summed E-state index contributed by atoms with van der Waals surface area (Å²) in [6.45, 7) is 5.36. The van der Waals surface area contributed by atoms with Gasteiger partial charge in [0.15, 0.2) is 0 Å². The number of nitrogens with zero attached hydrogens (tertiary/aromatic N) is 1. The van der Waals surface area contributed by atoms with E-state index in [0.717, 1.165) is 11.3 Å². The Balaban J connectivity index is 1.84. The van der Waals surface area contributed by atoms with Gasteiger partial charge in [0.1, 0.15) is 0 Å². The van der Waals surface area contributed by atoms with E-state index in [0.29, 0.717) is 25.9 Å². The van der Waals surface area contributed by atoms with Crippen molar-refractivity contribution in [3.63, 3.8) is 0 Å². The fraction of sp³-hybridized carbons (Fsp3) is 0.500. The molecule has 2 rings (SSSR count). The van der Waals surface area contributed by atoms with Crippen molar-refractivity contribution in [3.8, 4) is 0 Å². The molecule has 0 aliphatic carbocycles. The Morgan fingerprint density at radius 1 is 1.29 bits per heavy atom. The smallest absolute Gasteiger partial charge is 0.306 e. The molecule has 1 aromatic carbocycles. The summed E-state index contributed by atoms with van der Waals surface area (Å²) in [5.41, 5.74) is 3.28. The maximum Gasteiger partial charge on any atom is 0.306 e. The molecule has 0 bridgehead atoms. The highest BCUT2D eigenvalue weighted by molar-refractivity contribution is 5.81. The summed E-state index contributed by atoms with van der Waals surface area (Å²) in [6, 6.07) is 6.07. The molecule has 0 unspecified atom stereocenters. The number of aliphatic carboxylic acids is 1. The van der Waals surface area contributed by atoms with E-state index in [1.54, 1.807) is 4.90 Å². The second-order valence-corrected chi connectivity index (χ2v) is 5.67. The normalized spacial score (nSPS) is 15.8. The van der Waals surface area contributed by atoms with E-state index in [2.05, 4.69) is 11.4 Å². The number of amides is 1. The van der Waals surface area contributed by atoms with Crippen molar-refractivity contribution in [1.82, 2.24) is 4.90 Å². The van der Waals surface area contributed by atoms with Crippen LogP contribution in [0.3, 0.4) is 0 Å². The van der Waals surface area contributed by atoms with E-state index in [9.17, 15) is 9.59 Å². The van der Waals surface area contributed by atoms with Gasteiger partial charge in [-0.25, -0.2) is 0 Å². The lowest BCUT2D eigenvalue weighted by Gasteiger charge is -2.30. The predicted molar refractivity (Wildman–Crippen MR) is 81.3 cm³/mol. The summed E-state index contributed by atoms with van der Waals surface area (Å²) in [4.78, 5) is 24.8. The number of hydrogen-bond donors (Lipinski definition) is 2. The molecule has 1 aromatic rings. The number of aryl methyl sites for hydroxylation is 2. The van der Waals surface area contributed by atoms with Crippen molar-refractivity contribution in [2.24, 2.45) is 5.92 Å². The Morgan fingerprint density at radius 3 is 2.52 bits per heavy atom. The largest absolute Gasteiger partial charge is 0.481 e. The van der Waals surface area contributed by atoms with E-state index >= 15 is 0 Å². The highest BCUT2D eigenvalue weighted by atomic mass is 16.4. The maximum atomic E-state index is 12.1. The van der Waals surface area contributed by atoms with Crippen LogP contribution < -0.4 is 5.32 Å². The van der Waals surface area contributed by atoms with Crippen LogP contribution in [-0.2, 0) is 9.59 Å². The Bertz CT molecular complexity index is 534. The number of carboxylic acid groups (broad SMARTS) is 1. The lowest BCUT2D eigenvalue weighted by atomic mass is 9.97. The topological polar surface area (TPSA) is 69.6 Å². The third-order valence-corrected chi connectivity index (χ3v) is 4.01. The number of hydrogen-bond acceptors (Lipinski definition) is 3. The van der Waals surface area contributed by atoms with E-state index in [1.807, 2.05) is 26.0 Å². The predicted octanol–water partition coefficient (Wildman–Crippen LogP) is 2.04. The first-order valence-corrected chi connectivity index (χ1v) is 7.29. The SMILES string of the molecule is Cc1ccc(NCC(=O)N2CCC(C(=O)O)CC2)c(C)c1. The van der Waals surface area contributed by atoms with Crippen LogP contribution in [0.5, 0.6) is 0 Å². The maximum absolute atomic E-state index is 12.1. The van der Waals surface area contributed by atoms with Gasteiger partial charge in [0.05, 0.1) is 12.5 Å². The van der Waals surface area contributed by atoms with E-state index in [1.165, 1.54) is 5.56 Å². The van der Waals surface area contributed by atoms with Crippen LogP contribution in [0.1, 0.15) is 24.0 Å². The molecule has 114 valence electrons. The molecule has 21 heavy (non-hydrogen) atoms. The molecule has 0 atom stereocenters. The van der Waals surface area contributed by atoms with Crippen molar-refractivity contribution in [2.45, 2.75) is 26.7 Å². The third-order valence-electron chi connectivity index (χ3n) is 4.01. The van der Waals surface area contributed by atoms with Crippen LogP contribution in [0.15, 0.2) is 18.2 Å². The summed E-state index contributed by atoms with van der Waals surface area (Å²) in [6.07, 6.45) is 1.09. The summed E-state index contributed by atoms with van der Waals surface area (Å²) in [5, 5.41) is 12.1. The van der Waals surface area contributed by atoms with E-state index in [4.69, 9.17) is 5.11 Å². The quantitative estimate of drug-likeness (QED) is 0.890. The first-order valence-electron chi connectivity index (χ1n) is 7.29. The number of piperidine rings is 1. The molecule has 1 heterocycles. The standard InChI is InChI=1S/C16H22N2O3/c1-11-3-4-14(12(2)9-11)17-10-15(19)18-7-5-13(6-8-18)16(20)21/h3-4,9,13,17H,5-8,10H2,1-2H3,(H,20,21). The van der Waals surface area contributed by atoms with Gasteiger partial charge in [0.2, 0.25) is 5.91 Å². The van der Waals surface area contributed by atoms with Gasteiger partial charge in [0, 0.05) is 18.8 Å². The van der Waals surface area contributed by atoms with Crippen LogP contribution in [0, 0.1) is 19.8 Å². The van der Waals surface area contributed by atoms with Crippen LogP contribution in [0.2, 0.25) is 0 Å². The van der Waals surface area contributed by atoms with Crippen molar-refractivity contribution >= 4 is 17.6 Å². The first kappa shape index (κ1) is 15.4. The van der Waals surface area contributed by atoms with Crippen molar-refractivity contribution < 1.29 is 14.7 Å². The lowest BCUT2D eigenvalue weighted by Crippen LogP contribution is -2.42. The van der Waals surface area contributed by atoms with Gasteiger partial charge < -0.3 is 15.3 Å². The number of benzene rings is 1. The molecule has 0 aromatic heterocycles. The Hall–Kier alpha value is -2.04. The highest BCUT2D eigenvalue weighted by Gasteiger charge is 2.26. The van der Waals surface area contributed by atoms with Crippen molar-refractivity contribution in [2.75, 3.05) is 25.0 Å². The highest BCUT2D eigenvalue weighted by Crippen LogP contribution is 2.18. The molecule has 1 aliphatic heterocycles. The summed E-state index contributed by atoms with van der Waals surface area (Å²) in [7, 11) is 0. The van der Waals surface area contributed by atoms with Crippen molar-refractivity contribution in [3.05, 3.63) is 29.3 Å². The molecular weight excluding hydrogens is 268 g/mol. The summed E-state index contributed by atoms with van der Waals surface area (Å²) < 4.78 is 0. The monoisotopic (exact) mass is 290 g/mol. The number of carbonyl (C=O) groups is 2. The van der Waals surface area contributed by atoms with Crippen LogP contribution >= 0.6 is 0 Å². The van der Waals surface area contributed by atoms with Crippen LogP contribution in [0.4, 0.5) is 5.69 Å². The van der Waals surface area contributed by atoms with Crippen LogP contribution in [0.25, 0.3) is 0 Å². The number of rotatable bonds is 4. The molecule has 1 saturated heterocycles. The number of nitrogens with one attached hydrogen (secondary N) is 1. The number of anilines is 1. The molecule has 5 nitrogen and oxygen atoms in total. The molecule has 0 radical (unpaired) electrons. The summed E-state index contributed by atoms with van der Waals surface area (Å²) in [5.74, 6) is -1.03. The second kappa shape index (κ2) is 6.61. The van der Waals surface area contributed by atoms with Gasteiger partial charge in [-0.2, -0.15) is 0 Å². The van der Waals surface area contributed by atoms with Gasteiger partial charge >= 0.3 is 5.97 Å². The minimum atomic E-state index is -0.754. The molecule has 5 heteroatoms. The van der Waals surface area contributed by atoms with E-state index in [-0.39, 0.29) is 18.4 Å².